The third kappa shape index (κ3) is 1.52. The van der Waals surface area contributed by atoms with E-state index in [1.165, 1.54) is 0 Å². The van der Waals surface area contributed by atoms with E-state index in [1.807, 2.05) is 35.0 Å². The van der Waals surface area contributed by atoms with Crippen LogP contribution in [0.2, 0.25) is 0 Å². The van der Waals surface area contributed by atoms with Crippen molar-refractivity contribution in [3.63, 3.8) is 0 Å². The number of imidazole rings is 1. The summed E-state index contributed by atoms with van der Waals surface area (Å²) in [4.78, 5) is 8.21. The number of hydrogen-bond acceptors (Lipinski definition) is 3. The maximum absolute atomic E-state index is 10.8. The molecule has 1 aliphatic rings. The van der Waals surface area contributed by atoms with Crippen molar-refractivity contribution in [1.82, 2.24) is 14.5 Å². The summed E-state index contributed by atoms with van der Waals surface area (Å²) in [6, 6.07) is 11.7. The summed E-state index contributed by atoms with van der Waals surface area (Å²) in [5.74, 6) is 0. The minimum Gasteiger partial charge on any atom is -0.386 e. The molecule has 0 bridgehead atoms. The molecule has 1 aromatic carbocycles. The molecular formula is C16H13N3O. The summed E-state index contributed by atoms with van der Waals surface area (Å²) in [6.45, 7) is 0. The first-order valence-electron chi connectivity index (χ1n) is 6.55. The van der Waals surface area contributed by atoms with E-state index < -0.39 is 6.10 Å². The van der Waals surface area contributed by atoms with Crippen molar-refractivity contribution in [2.45, 2.75) is 12.1 Å². The monoisotopic (exact) mass is 263 g/mol. The Morgan fingerprint density at radius 1 is 1.05 bits per heavy atom. The molecule has 1 N–H and O–H groups in total. The molecule has 2 atom stereocenters. The zero-order valence-corrected chi connectivity index (χ0v) is 10.7. The third-order valence-electron chi connectivity index (χ3n) is 3.87. The first kappa shape index (κ1) is 11.4. The second-order valence-corrected chi connectivity index (χ2v) is 4.94. The van der Waals surface area contributed by atoms with E-state index in [2.05, 4.69) is 22.1 Å². The van der Waals surface area contributed by atoms with Gasteiger partial charge in [-0.2, -0.15) is 0 Å². The maximum Gasteiger partial charge on any atom is 0.104 e. The van der Waals surface area contributed by atoms with E-state index >= 15 is 0 Å². The van der Waals surface area contributed by atoms with Crippen LogP contribution in [0.15, 0.2) is 61.3 Å². The molecule has 0 unspecified atom stereocenters. The van der Waals surface area contributed by atoms with E-state index in [-0.39, 0.29) is 6.04 Å². The largest absolute Gasteiger partial charge is 0.386 e. The standard InChI is InChI=1S/C16H13N3O/c20-16(11-5-7-17-8-6-11)15-13-4-2-1-3-12(13)14-9-18-10-19(14)15/h1-10,15-16,20H/t15-,16+/m1/s1. The second kappa shape index (κ2) is 4.28. The van der Waals surface area contributed by atoms with Crippen LogP contribution in [0.25, 0.3) is 11.3 Å². The molecule has 98 valence electrons. The minimum atomic E-state index is -0.616. The number of aliphatic hydroxyl groups is 1. The molecule has 4 heteroatoms. The van der Waals surface area contributed by atoms with E-state index in [0.717, 1.165) is 22.4 Å². The number of hydrogen-bond donors (Lipinski definition) is 1. The minimum absolute atomic E-state index is 0.133. The normalized spacial score (nSPS) is 17.6. The van der Waals surface area contributed by atoms with Crippen molar-refractivity contribution in [2.75, 3.05) is 0 Å². The summed E-state index contributed by atoms with van der Waals surface area (Å²) in [5.41, 5.74) is 4.19. The van der Waals surface area contributed by atoms with Gasteiger partial charge in [-0.25, -0.2) is 4.98 Å². The highest BCUT2D eigenvalue weighted by atomic mass is 16.3. The number of rotatable bonds is 2. The van der Waals surface area contributed by atoms with Gasteiger partial charge in [0.25, 0.3) is 0 Å². The van der Waals surface area contributed by atoms with Crippen molar-refractivity contribution in [2.24, 2.45) is 0 Å². The van der Waals surface area contributed by atoms with Crippen LogP contribution in [0.3, 0.4) is 0 Å². The molecule has 0 aliphatic carbocycles. The highest BCUT2D eigenvalue weighted by Crippen LogP contribution is 2.44. The lowest BCUT2D eigenvalue weighted by molar-refractivity contribution is 0.135. The van der Waals surface area contributed by atoms with E-state index in [4.69, 9.17) is 0 Å². The van der Waals surface area contributed by atoms with Gasteiger partial charge in [0.15, 0.2) is 0 Å². The first-order chi connectivity index (χ1) is 9.86. The quantitative estimate of drug-likeness (QED) is 0.773. The molecule has 0 spiro atoms. The van der Waals surface area contributed by atoms with Crippen LogP contribution >= 0.6 is 0 Å². The Hall–Kier alpha value is -2.46. The Bertz CT molecular complexity index is 751. The van der Waals surface area contributed by atoms with Crippen LogP contribution in [0, 0.1) is 0 Å². The number of aliphatic hydroxyl groups excluding tert-OH is 1. The molecule has 4 nitrogen and oxygen atoms in total. The average Bonchev–Trinajstić information content (AvgIpc) is 3.08. The fourth-order valence-electron chi connectivity index (χ4n) is 2.94. The topological polar surface area (TPSA) is 50.9 Å². The molecule has 2 aromatic heterocycles. The van der Waals surface area contributed by atoms with Crippen molar-refractivity contribution in [3.8, 4) is 11.3 Å². The van der Waals surface area contributed by atoms with Gasteiger partial charge in [-0.15, -0.1) is 0 Å². The fraction of sp³-hybridized carbons (Fsp3) is 0.125. The average molecular weight is 263 g/mol. The zero-order chi connectivity index (χ0) is 13.5. The van der Waals surface area contributed by atoms with E-state index in [1.54, 1.807) is 18.7 Å². The summed E-state index contributed by atoms with van der Waals surface area (Å²) in [7, 11) is 0. The van der Waals surface area contributed by atoms with Gasteiger partial charge < -0.3 is 9.67 Å². The highest BCUT2D eigenvalue weighted by Gasteiger charge is 2.33. The van der Waals surface area contributed by atoms with E-state index in [0.29, 0.717) is 0 Å². The first-order valence-corrected chi connectivity index (χ1v) is 6.55. The van der Waals surface area contributed by atoms with E-state index in [9.17, 15) is 5.11 Å². The van der Waals surface area contributed by atoms with Crippen LogP contribution in [0.4, 0.5) is 0 Å². The van der Waals surface area contributed by atoms with Gasteiger partial charge in [-0.05, 0) is 23.3 Å². The SMILES string of the molecule is O[C@@H](c1ccncc1)[C@H]1c2ccccc2-c2cncn21. The van der Waals surface area contributed by atoms with Gasteiger partial charge in [0.2, 0.25) is 0 Å². The predicted molar refractivity (Wildman–Crippen MR) is 75.0 cm³/mol. The molecular weight excluding hydrogens is 250 g/mol. The van der Waals surface area contributed by atoms with Gasteiger partial charge in [0.1, 0.15) is 6.10 Å². The predicted octanol–water partition coefficient (Wildman–Crippen LogP) is 2.58. The van der Waals surface area contributed by atoms with Crippen LogP contribution in [0.5, 0.6) is 0 Å². The number of nitrogens with zero attached hydrogens (tertiary/aromatic N) is 3. The third-order valence-corrected chi connectivity index (χ3v) is 3.87. The molecule has 0 fully saturated rings. The number of fused-ring (bicyclic) bond motifs is 3. The molecule has 0 saturated carbocycles. The maximum atomic E-state index is 10.8. The molecule has 3 heterocycles. The summed E-state index contributed by atoms with van der Waals surface area (Å²) in [6.07, 6.45) is 6.42. The lowest BCUT2D eigenvalue weighted by atomic mass is 9.95. The number of pyridine rings is 1. The molecule has 3 aromatic rings. The van der Waals surface area contributed by atoms with Gasteiger partial charge in [-0.1, -0.05) is 24.3 Å². The number of benzene rings is 1. The van der Waals surface area contributed by atoms with Crippen molar-refractivity contribution < 1.29 is 5.11 Å². The van der Waals surface area contributed by atoms with Gasteiger partial charge in [-0.3, -0.25) is 4.98 Å². The molecule has 20 heavy (non-hydrogen) atoms. The molecule has 0 saturated heterocycles. The van der Waals surface area contributed by atoms with Gasteiger partial charge in [0.05, 0.1) is 24.3 Å². The Balaban J connectivity index is 1.87. The second-order valence-electron chi connectivity index (χ2n) is 4.94. The smallest absolute Gasteiger partial charge is 0.104 e. The van der Waals surface area contributed by atoms with Crippen LogP contribution in [0.1, 0.15) is 23.3 Å². The van der Waals surface area contributed by atoms with Crippen LogP contribution < -0.4 is 0 Å². The Morgan fingerprint density at radius 3 is 2.70 bits per heavy atom. The Morgan fingerprint density at radius 2 is 1.85 bits per heavy atom. The summed E-state index contributed by atoms with van der Waals surface area (Å²) < 4.78 is 2.04. The number of aromatic nitrogens is 3. The molecule has 1 aliphatic heterocycles. The molecule has 0 radical (unpaired) electrons. The highest BCUT2D eigenvalue weighted by molar-refractivity contribution is 5.69. The van der Waals surface area contributed by atoms with Gasteiger partial charge >= 0.3 is 0 Å². The summed E-state index contributed by atoms with van der Waals surface area (Å²) >= 11 is 0. The Kier molecular flexibility index (Phi) is 2.44. The van der Waals surface area contributed by atoms with Crippen molar-refractivity contribution in [1.29, 1.82) is 0 Å². The molecule has 0 amide bonds. The van der Waals surface area contributed by atoms with Crippen molar-refractivity contribution in [3.05, 3.63) is 72.4 Å². The fourth-order valence-corrected chi connectivity index (χ4v) is 2.94. The zero-order valence-electron chi connectivity index (χ0n) is 10.7. The van der Waals surface area contributed by atoms with Crippen LogP contribution in [-0.2, 0) is 0 Å². The van der Waals surface area contributed by atoms with Crippen molar-refractivity contribution >= 4 is 0 Å². The lowest BCUT2D eigenvalue weighted by Crippen LogP contribution is -2.15. The Labute approximate surface area is 116 Å². The summed E-state index contributed by atoms with van der Waals surface area (Å²) in [5, 5.41) is 10.8. The lowest BCUT2D eigenvalue weighted by Gasteiger charge is -2.21. The van der Waals surface area contributed by atoms with Gasteiger partial charge in [0, 0.05) is 18.0 Å². The van der Waals surface area contributed by atoms with Crippen LogP contribution in [-0.4, -0.2) is 19.6 Å². The molecule has 4 rings (SSSR count).